The van der Waals surface area contributed by atoms with E-state index >= 15 is 0 Å². The van der Waals surface area contributed by atoms with Crippen LogP contribution in [0.1, 0.15) is 146 Å². The molecule has 1 aromatic rings. The molecule has 30 heavy (non-hydrogen) atoms. The minimum absolute atomic E-state index is 0.160. The summed E-state index contributed by atoms with van der Waals surface area (Å²) in [4.78, 5) is 14.9. The fourth-order valence-corrected chi connectivity index (χ4v) is 4.23. The lowest BCUT2D eigenvalue weighted by atomic mass is 10.0. The number of hydrogen-bond donors (Lipinski definition) is 1. The predicted octanol–water partition coefficient (Wildman–Crippen LogP) is 8.40. The molecule has 0 aliphatic carbocycles. The van der Waals surface area contributed by atoms with E-state index in [0.717, 1.165) is 13.0 Å². The first-order chi connectivity index (χ1) is 14.8. The van der Waals surface area contributed by atoms with Crippen LogP contribution in [0.2, 0.25) is 0 Å². The van der Waals surface area contributed by atoms with Crippen LogP contribution in [0.4, 0.5) is 0 Å². The lowest BCUT2D eigenvalue weighted by Crippen LogP contribution is -2.09. The van der Waals surface area contributed by atoms with Crippen LogP contribution in [0.5, 0.6) is 0 Å². The highest BCUT2D eigenvalue weighted by Crippen LogP contribution is 2.15. The maximum Gasteiger partial charge on any atom is 0.372 e. The van der Waals surface area contributed by atoms with Gasteiger partial charge in [0.05, 0.1) is 0 Å². The van der Waals surface area contributed by atoms with Gasteiger partial charge in [0.1, 0.15) is 0 Å². The van der Waals surface area contributed by atoms with Crippen molar-refractivity contribution in [2.75, 3.05) is 0 Å². The van der Waals surface area contributed by atoms with Gasteiger partial charge in [-0.25, -0.2) is 9.78 Å². The Bertz CT molecular complexity index is 513. The summed E-state index contributed by atoms with van der Waals surface area (Å²) in [7, 11) is 0. The number of unbranched alkanes of at least 4 members (excludes halogenated alkanes) is 19. The van der Waals surface area contributed by atoms with Crippen molar-refractivity contribution in [1.29, 1.82) is 0 Å². The summed E-state index contributed by atoms with van der Waals surface area (Å²) in [5.41, 5.74) is 0. The molecule has 0 aliphatic heterocycles. The first-order valence-corrected chi connectivity index (χ1v) is 13.0. The van der Waals surface area contributed by atoms with E-state index in [1.807, 2.05) is 0 Å². The first kappa shape index (κ1) is 26.7. The zero-order valence-electron chi connectivity index (χ0n) is 19.8. The minimum Gasteiger partial charge on any atom is -0.475 e. The number of aromatic nitrogens is 2. The highest BCUT2D eigenvalue weighted by Gasteiger charge is 2.09. The van der Waals surface area contributed by atoms with Gasteiger partial charge in [-0.3, -0.25) is 0 Å². The third-order valence-electron chi connectivity index (χ3n) is 6.16. The van der Waals surface area contributed by atoms with Crippen molar-refractivity contribution in [2.24, 2.45) is 0 Å². The summed E-state index contributed by atoms with van der Waals surface area (Å²) < 4.78 is 1.75. The Balaban J connectivity index is 1.74. The number of rotatable bonds is 22. The van der Waals surface area contributed by atoms with E-state index in [0.29, 0.717) is 0 Å². The fraction of sp³-hybridized carbons (Fsp3) is 0.846. The molecule has 174 valence electrons. The van der Waals surface area contributed by atoms with E-state index in [2.05, 4.69) is 11.9 Å². The molecule has 0 unspecified atom stereocenters. The molecule has 4 heteroatoms. The van der Waals surface area contributed by atoms with Crippen LogP contribution in [0.3, 0.4) is 0 Å². The number of nitrogens with zero attached hydrogens (tertiary/aromatic N) is 2. The molecule has 4 nitrogen and oxygen atoms in total. The lowest BCUT2D eigenvalue weighted by molar-refractivity contribution is 0.0678. The van der Waals surface area contributed by atoms with Gasteiger partial charge in [0.15, 0.2) is 0 Å². The second-order valence-electron chi connectivity index (χ2n) is 8.97. The summed E-state index contributed by atoms with van der Waals surface area (Å²) in [6.45, 7) is 3.05. The molecule has 0 aromatic carbocycles. The van der Waals surface area contributed by atoms with Crippen LogP contribution in [0.25, 0.3) is 0 Å². The molecule has 0 aliphatic rings. The molecule has 0 atom stereocenters. The van der Waals surface area contributed by atoms with Crippen molar-refractivity contribution in [3.05, 3.63) is 18.2 Å². The number of aryl methyl sites for hydroxylation is 1. The molecule has 1 aromatic heterocycles. The number of aromatic carboxylic acids is 1. The van der Waals surface area contributed by atoms with E-state index in [1.165, 1.54) is 122 Å². The average molecular weight is 421 g/mol. The minimum atomic E-state index is -0.937. The highest BCUT2D eigenvalue weighted by atomic mass is 16.4. The Morgan fingerprint density at radius 2 is 1.07 bits per heavy atom. The van der Waals surface area contributed by atoms with Gasteiger partial charge in [-0.1, -0.05) is 129 Å². The number of carboxylic acids is 1. The van der Waals surface area contributed by atoms with Crippen LogP contribution < -0.4 is 0 Å². The Morgan fingerprint density at radius 1 is 0.700 bits per heavy atom. The Labute approximate surface area is 185 Å². The zero-order valence-corrected chi connectivity index (χ0v) is 19.8. The van der Waals surface area contributed by atoms with Gasteiger partial charge in [0.2, 0.25) is 5.82 Å². The maximum absolute atomic E-state index is 11.0. The van der Waals surface area contributed by atoms with Crippen molar-refractivity contribution < 1.29 is 9.90 Å². The van der Waals surface area contributed by atoms with Gasteiger partial charge in [-0.2, -0.15) is 0 Å². The van der Waals surface area contributed by atoms with Crippen LogP contribution in [0.15, 0.2) is 12.4 Å². The maximum atomic E-state index is 11.0. The largest absolute Gasteiger partial charge is 0.475 e. The van der Waals surface area contributed by atoms with Crippen molar-refractivity contribution in [3.8, 4) is 0 Å². The summed E-state index contributed by atoms with van der Waals surface area (Å²) in [6, 6.07) is 0. The molecule has 0 bridgehead atoms. The number of carbonyl (C=O) groups is 1. The summed E-state index contributed by atoms with van der Waals surface area (Å²) in [5.74, 6) is -0.777. The van der Waals surface area contributed by atoms with E-state index in [-0.39, 0.29) is 5.82 Å². The molecule has 1 heterocycles. The van der Waals surface area contributed by atoms with Gasteiger partial charge in [-0.05, 0) is 6.42 Å². The smallest absolute Gasteiger partial charge is 0.372 e. The second-order valence-corrected chi connectivity index (χ2v) is 8.97. The van der Waals surface area contributed by atoms with Crippen LogP contribution in [-0.2, 0) is 6.54 Å². The van der Waals surface area contributed by atoms with Crippen LogP contribution in [-0.4, -0.2) is 20.6 Å². The molecular weight excluding hydrogens is 372 g/mol. The van der Waals surface area contributed by atoms with Crippen molar-refractivity contribution >= 4 is 5.97 Å². The highest BCUT2D eigenvalue weighted by molar-refractivity contribution is 5.83. The number of imidazole rings is 1. The van der Waals surface area contributed by atoms with E-state index in [4.69, 9.17) is 5.11 Å². The topological polar surface area (TPSA) is 55.1 Å². The fourth-order valence-electron chi connectivity index (χ4n) is 4.23. The third-order valence-corrected chi connectivity index (χ3v) is 6.16. The second kappa shape index (κ2) is 19.6. The molecule has 1 rings (SSSR count). The van der Waals surface area contributed by atoms with Crippen molar-refractivity contribution in [1.82, 2.24) is 9.55 Å². The van der Waals surface area contributed by atoms with Gasteiger partial charge in [-0.15, -0.1) is 0 Å². The predicted molar refractivity (Wildman–Crippen MR) is 127 cm³/mol. The molecule has 0 radical (unpaired) electrons. The third kappa shape index (κ3) is 14.6. The molecule has 1 N–H and O–H groups in total. The molecule has 0 saturated heterocycles. The number of carboxylic acid groups (broad SMARTS) is 1. The summed E-state index contributed by atoms with van der Waals surface area (Å²) in [6.07, 6.45) is 30.9. The molecular formula is C26H48N2O2. The van der Waals surface area contributed by atoms with Gasteiger partial charge in [0, 0.05) is 18.9 Å². The molecule has 0 amide bonds. The monoisotopic (exact) mass is 420 g/mol. The summed E-state index contributed by atoms with van der Waals surface area (Å²) >= 11 is 0. The summed E-state index contributed by atoms with van der Waals surface area (Å²) in [5, 5.41) is 9.04. The van der Waals surface area contributed by atoms with Gasteiger partial charge in [0.25, 0.3) is 0 Å². The lowest BCUT2D eigenvalue weighted by Gasteiger charge is -2.05. The van der Waals surface area contributed by atoms with Crippen LogP contribution in [0, 0.1) is 0 Å². The Hall–Kier alpha value is -1.32. The molecule has 0 fully saturated rings. The normalized spacial score (nSPS) is 11.2. The quantitative estimate of drug-likeness (QED) is 0.192. The van der Waals surface area contributed by atoms with Crippen molar-refractivity contribution in [2.45, 2.75) is 142 Å². The SMILES string of the molecule is CCCCCCCCCCCCCCCCCCCCCCn1ccnc1C(=O)O. The standard InChI is InChI=1S/C26H48N2O2/c1-2-3-4-5-6-7-8-9-10-11-12-13-14-15-16-17-18-19-20-21-23-28-24-22-27-25(28)26(29)30/h22,24H,2-21,23H2,1H3,(H,29,30). The first-order valence-electron chi connectivity index (χ1n) is 13.0. The van der Waals surface area contributed by atoms with Gasteiger partial charge >= 0.3 is 5.97 Å². The molecule has 0 saturated carbocycles. The Morgan fingerprint density at radius 3 is 1.43 bits per heavy atom. The zero-order chi connectivity index (χ0) is 21.7. The van der Waals surface area contributed by atoms with Gasteiger partial charge < -0.3 is 9.67 Å². The number of hydrogen-bond acceptors (Lipinski definition) is 2. The average Bonchev–Trinajstić information content (AvgIpc) is 3.21. The molecule has 0 spiro atoms. The van der Waals surface area contributed by atoms with Crippen molar-refractivity contribution in [3.63, 3.8) is 0 Å². The van der Waals surface area contributed by atoms with E-state index in [1.54, 1.807) is 17.0 Å². The van der Waals surface area contributed by atoms with E-state index in [9.17, 15) is 4.79 Å². The van der Waals surface area contributed by atoms with Crippen LogP contribution >= 0.6 is 0 Å². The van der Waals surface area contributed by atoms with E-state index < -0.39 is 5.97 Å². The Kier molecular flexibility index (Phi) is 17.5.